The molecule has 166 valence electrons. The average Bonchev–Trinajstić information content (AvgIpc) is 3.15. The van der Waals surface area contributed by atoms with Gasteiger partial charge in [-0.1, -0.05) is 35.5 Å². The Morgan fingerprint density at radius 3 is 2.25 bits per heavy atom. The van der Waals surface area contributed by atoms with Crippen LogP contribution >= 0.6 is 23.4 Å². The molecule has 4 aromatic rings. The molecule has 8 nitrogen and oxygen atoms in total. The van der Waals surface area contributed by atoms with Crippen molar-refractivity contribution in [3.05, 3.63) is 77.3 Å². The van der Waals surface area contributed by atoms with Gasteiger partial charge in [-0.05, 0) is 60.2 Å². The van der Waals surface area contributed by atoms with Crippen LogP contribution in [0.4, 0.5) is 5.69 Å². The van der Waals surface area contributed by atoms with Gasteiger partial charge in [0.1, 0.15) is 0 Å². The Kier molecular flexibility index (Phi) is 6.19. The standard InChI is InChI=1S/C20H16ClN3O5S3/c21-14-3-7-16(8-4-14)31(25,26)24-15-5-1-13(2-6-15)12-30-20-22-18-10-9-17(32(27,28)29)11-19(18)23-20/h1-11,24H,12H2,(H,22,23)(H,27,28,29). The molecule has 0 aliphatic carbocycles. The van der Waals surface area contributed by atoms with Crippen LogP contribution in [0, 0.1) is 0 Å². The van der Waals surface area contributed by atoms with Gasteiger partial charge in [0.25, 0.3) is 20.1 Å². The van der Waals surface area contributed by atoms with Gasteiger partial charge >= 0.3 is 0 Å². The van der Waals surface area contributed by atoms with E-state index in [9.17, 15) is 16.8 Å². The molecule has 0 fully saturated rings. The predicted octanol–water partition coefficient (Wildman–Crippen LogP) is 4.56. The maximum absolute atomic E-state index is 12.5. The van der Waals surface area contributed by atoms with Crippen LogP contribution in [-0.4, -0.2) is 31.4 Å². The number of aromatic nitrogens is 2. The Morgan fingerprint density at radius 1 is 0.938 bits per heavy atom. The number of sulfonamides is 1. The number of nitrogens with one attached hydrogen (secondary N) is 2. The smallest absolute Gasteiger partial charge is 0.294 e. The van der Waals surface area contributed by atoms with Crippen LogP contribution in [0.3, 0.4) is 0 Å². The molecule has 1 heterocycles. The number of aromatic amines is 1. The number of nitrogens with zero attached hydrogens (tertiary/aromatic N) is 1. The first-order valence-electron chi connectivity index (χ1n) is 9.07. The summed E-state index contributed by atoms with van der Waals surface area (Å²) in [5.41, 5.74) is 2.43. The highest BCUT2D eigenvalue weighted by atomic mass is 35.5. The SMILES string of the molecule is O=S(=O)(O)c1ccc2nc(SCc3ccc(NS(=O)(=O)c4ccc(Cl)cc4)cc3)[nH]c2c1. The van der Waals surface area contributed by atoms with E-state index in [2.05, 4.69) is 14.7 Å². The Bertz CT molecular complexity index is 1480. The number of benzene rings is 3. The zero-order valence-corrected chi connectivity index (χ0v) is 19.4. The lowest BCUT2D eigenvalue weighted by Crippen LogP contribution is -2.12. The first-order chi connectivity index (χ1) is 15.1. The van der Waals surface area contributed by atoms with E-state index in [-0.39, 0.29) is 9.79 Å². The van der Waals surface area contributed by atoms with Gasteiger partial charge < -0.3 is 4.98 Å². The van der Waals surface area contributed by atoms with Gasteiger partial charge in [-0.2, -0.15) is 8.42 Å². The fraction of sp³-hybridized carbons (Fsp3) is 0.0500. The van der Waals surface area contributed by atoms with Crippen molar-refractivity contribution < 1.29 is 21.4 Å². The van der Waals surface area contributed by atoms with Crippen molar-refractivity contribution in [2.24, 2.45) is 0 Å². The van der Waals surface area contributed by atoms with Crippen LogP contribution in [0.1, 0.15) is 5.56 Å². The van der Waals surface area contributed by atoms with Crippen LogP contribution in [0.25, 0.3) is 11.0 Å². The number of H-pyrrole nitrogens is 1. The summed E-state index contributed by atoms with van der Waals surface area (Å²) in [6, 6.07) is 16.9. The Labute approximate surface area is 193 Å². The van der Waals surface area contributed by atoms with Gasteiger partial charge in [0.2, 0.25) is 0 Å². The van der Waals surface area contributed by atoms with Gasteiger partial charge in [0, 0.05) is 16.5 Å². The van der Waals surface area contributed by atoms with Gasteiger partial charge in [-0.15, -0.1) is 0 Å². The van der Waals surface area contributed by atoms with Gasteiger partial charge in [-0.3, -0.25) is 9.27 Å². The first kappa shape index (κ1) is 22.6. The normalized spacial score (nSPS) is 12.2. The molecule has 4 rings (SSSR count). The molecule has 0 spiro atoms. The zero-order chi connectivity index (χ0) is 22.9. The molecule has 3 N–H and O–H groups in total. The number of fused-ring (bicyclic) bond motifs is 1. The van der Waals surface area contributed by atoms with Crippen molar-refractivity contribution in [3.8, 4) is 0 Å². The quantitative estimate of drug-likeness (QED) is 0.246. The number of thioether (sulfide) groups is 1. The van der Waals surface area contributed by atoms with Gasteiger partial charge in [0.15, 0.2) is 5.16 Å². The number of hydrogen-bond acceptors (Lipinski definition) is 6. The maximum Gasteiger partial charge on any atom is 0.294 e. The third-order valence-electron chi connectivity index (χ3n) is 4.44. The van der Waals surface area contributed by atoms with E-state index < -0.39 is 20.1 Å². The lowest BCUT2D eigenvalue weighted by Gasteiger charge is -2.09. The lowest BCUT2D eigenvalue weighted by molar-refractivity contribution is 0.483. The molecule has 0 aliphatic rings. The second-order valence-electron chi connectivity index (χ2n) is 6.74. The highest BCUT2D eigenvalue weighted by Gasteiger charge is 2.14. The largest absolute Gasteiger partial charge is 0.333 e. The molecule has 3 aromatic carbocycles. The molecular weight excluding hydrogens is 494 g/mol. The summed E-state index contributed by atoms with van der Waals surface area (Å²) >= 11 is 7.20. The van der Waals surface area contributed by atoms with E-state index in [0.717, 1.165) is 5.56 Å². The van der Waals surface area contributed by atoms with Crippen molar-refractivity contribution in [2.75, 3.05) is 4.72 Å². The van der Waals surface area contributed by atoms with Crippen LogP contribution in [0.15, 0.2) is 81.7 Å². The maximum atomic E-state index is 12.5. The minimum Gasteiger partial charge on any atom is -0.333 e. The molecule has 0 saturated carbocycles. The highest BCUT2D eigenvalue weighted by Crippen LogP contribution is 2.26. The summed E-state index contributed by atoms with van der Waals surface area (Å²) in [5.74, 6) is 0.551. The fourth-order valence-electron chi connectivity index (χ4n) is 2.84. The molecule has 1 aromatic heterocycles. The van der Waals surface area contributed by atoms with E-state index >= 15 is 0 Å². The van der Waals surface area contributed by atoms with Gasteiger partial charge in [0.05, 0.1) is 20.8 Å². The number of anilines is 1. The molecule has 0 atom stereocenters. The van der Waals surface area contributed by atoms with Gasteiger partial charge in [-0.25, -0.2) is 13.4 Å². The van der Waals surface area contributed by atoms with Crippen molar-refractivity contribution in [3.63, 3.8) is 0 Å². The van der Waals surface area contributed by atoms with Crippen LogP contribution in [-0.2, 0) is 25.9 Å². The highest BCUT2D eigenvalue weighted by molar-refractivity contribution is 7.98. The molecule has 0 bridgehead atoms. The average molecular weight is 510 g/mol. The molecule has 0 unspecified atom stereocenters. The van der Waals surface area contributed by atoms with E-state index in [1.165, 1.54) is 54.2 Å². The number of halogens is 1. The summed E-state index contributed by atoms with van der Waals surface area (Å²) < 4.78 is 59.1. The third-order valence-corrected chi connectivity index (χ3v) is 7.88. The van der Waals surface area contributed by atoms with Crippen LogP contribution in [0.2, 0.25) is 5.02 Å². The molecule has 0 aliphatic heterocycles. The van der Waals surface area contributed by atoms with Crippen molar-refractivity contribution in [1.29, 1.82) is 0 Å². The lowest BCUT2D eigenvalue weighted by atomic mass is 10.2. The number of hydrogen-bond donors (Lipinski definition) is 3. The monoisotopic (exact) mass is 509 g/mol. The minimum atomic E-state index is -4.29. The predicted molar refractivity (Wildman–Crippen MR) is 124 cm³/mol. The Balaban J connectivity index is 1.42. The summed E-state index contributed by atoms with van der Waals surface area (Å²) in [6.07, 6.45) is 0. The van der Waals surface area contributed by atoms with E-state index in [0.29, 0.717) is 32.7 Å². The van der Waals surface area contributed by atoms with E-state index in [4.69, 9.17) is 16.2 Å². The topological polar surface area (TPSA) is 129 Å². The summed E-state index contributed by atoms with van der Waals surface area (Å²) in [5, 5.41) is 1.04. The summed E-state index contributed by atoms with van der Waals surface area (Å²) in [6.45, 7) is 0. The minimum absolute atomic E-state index is 0.114. The molecule has 32 heavy (non-hydrogen) atoms. The number of rotatable bonds is 7. The van der Waals surface area contributed by atoms with Crippen LogP contribution in [0.5, 0.6) is 0 Å². The molecule has 0 saturated heterocycles. The second-order valence-corrected chi connectivity index (χ2v) is 11.2. The molecule has 0 amide bonds. The molecule has 12 heteroatoms. The first-order valence-corrected chi connectivity index (χ1v) is 13.4. The van der Waals surface area contributed by atoms with Crippen LogP contribution < -0.4 is 4.72 Å². The molecule has 0 radical (unpaired) electrons. The van der Waals surface area contributed by atoms with E-state index in [1.807, 2.05) is 0 Å². The second kappa shape index (κ2) is 8.75. The van der Waals surface area contributed by atoms with Crippen molar-refractivity contribution in [1.82, 2.24) is 9.97 Å². The Hall–Kier alpha value is -2.57. The van der Waals surface area contributed by atoms with E-state index in [1.54, 1.807) is 24.3 Å². The number of imidazole rings is 1. The zero-order valence-electron chi connectivity index (χ0n) is 16.2. The molecular formula is C20H16ClN3O5S3. The summed E-state index contributed by atoms with van der Waals surface area (Å²) in [7, 11) is -8.00. The third kappa shape index (κ3) is 5.25. The summed E-state index contributed by atoms with van der Waals surface area (Å²) in [4.78, 5) is 7.31. The van der Waals surface area contributed by atoms with Crippen molar-refractivity contribution >= 4 is 60.2 Å². The Morgan fingerprint density at radius 2 is 1.59 bits per heavy atom. The fourth-order valence-corrected chi connectivity index (χ4v) is 5.37. The van der Waals surface area contributed by atoms with Crippen molar-refractivity contribution in [2.45, 2.75) is 20.7 Å².